The largest absolute Gasteiger partial charge is 0.483 e. The lowest BCUT2D eigenvalue weighted by Crippen LogP contribution is -1.89. The van der Waals surface area contributed by atoms with Gasteiger partial charge in [-0.3, -0.25) is 0 Å². The van der Waals surface area contributed by atoms with Gasteiger partial charge in [0.25, 0.3) is 0 Å². The molecule has 7 heavy (non-hydrogen) atoms. The Kier molecular flexibility index (Phi) is 24.9. The Balaban J connectivity index is 0. The van der Waals surface area contributed by atoms with Crippen LogP contribution in [0.4, 0.5) is 4.32 Å². The summed E-state index contributed by atoms with van der Waals surface area (Å²) in [6.45, 7) is 0. The Bertz CT molecular complexity index is 51.4. The molecule has 0 bridgehead atoms. The van der Waals surface area contributed by atoms with E-state index in [1.807, 2.05) is 14.1 Å². The molecule has 39 valence electrons. The highest BCUT2D eigenvalue weighted by atomic mass is 19.1. The van der Waals surface area contributed by atoms with Crippen LogP contribution in [0.25, 0.3) is 0 Å². The Labute approximate surface area is 43.6 Å². The summed E-state index contributed by atoms with van der Waals surface area (Å²) >= 11 is 0. The van der Waals surface area contributed by atoms with Gasteiger partial charge in [-0.2, -0.15) is 0 Å². The zero-order valence-corrected chi connectivity index (χ0v) is 4.40. The minimum atomic E-state index is -0.0694. The molecule has 0 aromatic heterocycles. The lowest BCUT2D eigenvalue weighted by atomic mass is 10.1. The van der Waals surface area contributed by atoms with Gasteiger partial charge in [0.1, 0.15) is 0 Å². The molecule has 0 spiro atoms. The highest BCUT2D eigenvalue weighted by molar-refractivity contribution is 6.36. The molecule has 0 aliphatic carbocycles. The van der Waals surface area contributed by atoms with Gasteiger partial charge < -0.3 is 9.63 Å². The van der Waals surface area contributed by atoms with E-state index in [0.717, 1.165) is 5.97 Å². The number of nitriles is 1. The van der Waals surface area contributed by atoms with Gasteiger partial charge in [0, 0.05) is 5.97 Å². The van der Waals surface area contributed by atoms with E-state index in [2.05, 4.69) is 5.32 Å². The monoisotopic (exact) mass is 101 g/mol. The van der Waals surface area contributed by atoms with Crippen molar-refractivity contribution in [1.29, 1.82) is 5.26 Å². The summed E-state index contributed by atoms with van der Waals surface area (Å²) in [6.07, 6.45) is 0. The normalized spacial score (nSPS) is 4.86. The van der Waals surface area contributed by atoms with E-state index in [-0.39, 0.29) is 7.56 Å². The molecule has 0 aliphatic rings. The Morgan fingerprint density at radius 2 is 1.86 bits per heavy atom. The number of hydrogen-bond donors (Lipinski definition) is 1. The van der Waals surface area contributed by atoms with Crippen molar-refractivity contribution in [2.24, 2.45) is 0 Å². The maximum atomic E-state index is 10.2. The second-order valence-corrected chi connectivity index (χ2v) is 0.738. The molecule has 0 aromatic rings. The van der Waals surface area contributed by atoms with Gasteiger partial charge in [-0.25, -0.2) is 5.26 Å². The molecule has 0 atom stereocenters. The van der Waals surface area contributed by atoms with E-state index >= 15 is 0 Å². The van der Waals surface area contributed by atoms with Crippen molar-refractivity contribution in [2.75, 3.05) is 14.1 Å². The highest BCUT2D eigenvalue weighted by Gasteiger charge is 1.67. The van der Waals surface area contributed by atoms with Gasteiger partial charge in [-0.05, 0) is 14.1 Å². The molecular formula is C3H7BFN2. The van der Waals surface area contributed by atoms with Crippen molar-refractivity contribution >= 4 is 7.56 Å². The second kappa shape index (κ2) is 18.0. The van der Waals surface area contributed by atoms with Crippen LogP contribution in [0.15, 0.2) is 0 Å². The summed E-state index contributed by atoms with van der Waals surface area (Å²) in [7, 11) is 3.68. The minimum Gasteiger partial charge on any atom is -0.323 e. The van der Waals surface area contributed by atoms with Crippen LogP contribution in [0.1, 0.15) is 0 Å². The predicted molar refractivity (Wildman–Crippen MR) is 27.5 cm³/mol. The van der Waals surface area contributed by atoms with Gasteiger partial charge in [0.15, 0.2) is 0 Å². The molecule has 0 aliphatic heterocycles. The Morgan fingerprint density at radius 3 is 1.86 bits per heavy atom. The van der Waals surface area contributed by atoms with Crippen molar-refractivity contribution in [3.63, 3.8) is 0 Å². The first-order valence-corrected chi connectivity index (χ1v) is 1.73. The quantitative estimate of drug-likeness (QED) is 0.432. The average Bonchev–Trinajstić information content (AvgIpc) is 1.69. The van der Waals surface area contributed by atoms with E-state index in [1.54, 1.807) is 0 Å². The molecular weight excluding hydrogens is 93.9 g/mol. The molecule has 1 radical (unpaired) electrons. The third-order valence-corrected chi connectivity index (χ3v) is 0.0488. The fourth-order valence-electron chi connectivity index (χ4n) is 0. The summed E-state index contributed by atoms with van der Waals surface area (Å²) < 4.78 is 10.2. The second-order valence-electron chi connectivity index (χ2n) is 0.738. The lowest BCUT2D eigenvalue weighted by molar-refractivity contribution is 0.885. The van der Waals surface area contributed by atoms with Crippen LogP contribution in [-0.4, -0.2) is 21.7 Å². The summed E-state index contributed by atoms with van der Waals surface area (Å²) in [5.74, 6) is 1.14. The molecule has 0 rings (SSSR count). The molecule has 2 nitrogen and oxygen atoms in total. The third-order valence-electron chi connectivity index (χ3n) is 0.0488. The first-order chi connectivity index (χ1) is 3.33. The van der Waals surface area contributed by atoms with Crippen molar-refractivity contribution in [3.8, 4) is 5.97 Å². The van der Waals surface area contributed by atoms with E-state index in [4.69, 9.17) is 5.26 Å². The maximum absolute atomic E-state index is 10.2. The van der Waals surface area contributed by atoms with E-state index in [9.17, 15) is 4.32 Å². The molecule has 0 saturated carbocycles. The van der Waals surface area contributed by atoms with Gasteiger partial charge in [-0.15, -0.1) is 0 Å². The smallest absolute Gasteiger partial charge is 0.323 e. The predicted octanol–water partition coefficient (Wildman–Crippen LogP) is -0.108. The van der Waals surface area contributed by atoms with Crippen LogP contribution in [-0.2, 0) is 0 Å². The molecule has 0 fully saturated rings. The fraction of sp³-hybridized carbons (Fsp3) is 0.667. The van der Waals surface area contributed by atoms with Crippen molar-refractivity contribution in [2.45, 2.75) is 0 Å². The summed E-state index contributed by atoms with van der Waals surface area (Å²) in [6, 6.07) is 0. The number of hydrogen-bond acceptors (Lipinski definition) is 2. The molecule has 0 unspecified atom stereocenters. The molecule has 4 heteroatoms. The SMILES string of the molecule is CNC.N#C[B]F. The van der Waals surface area contributed by atoms with Crippen LogP contribution >= 0.6 is 0 Å². The summed E-state index contributed by atoms with van der Waals surface area (Å²) in [4.78, 5) is 0. The van der Waals surface area contributed by atoms with Crippen LogP contribution < -0.4 is 5.32 Å². The lowest BCUT2D eigenvalue weighted by Gasteiger charge is -1.59. The molecule has 0 aromatic carbocycles. The maximum Gasteiger partial charge on any atom is 0.483 e. The van der Waals surface area contributed by atoms with Gasteiger partial charge in [0.2, 0.25) is 0 Å². The molecule has 0 amide bonds. The number of halogens is 1. The van der Waals surface area contributed by atoms with Crippen LogP contribution in [0.3, 0.4) is 0 Å². The van der Waals surface area contributed by atoms with Gasteiger partial charge in [-0.1, -0.05) is 0 Å². The van der Waals surface area contributed by atoms with Crippen molar-refractivity contribution < 1.29 is 4.32 Å². The topological polar surface area (TPSA) is 35.8 Å². The Morgan fingerprint density at radius 1 is 1.71 bits per heavy atom. The van der Waals surface area contributed by atoms with Gasteiger partial charge in [0.05, 0.1) is 0 Å². The molecule has 0 heterocycles. The summed E-state index contributed by atoms with van der Waals surface area (Å²) in [5, 5.41) is 9.94. The van der Waals surface area contributed by atoms with E-state index in [0.29, 0.717) is 0 Å². The van der Waals surface area contributed by atoms with Crippen molar-refractivity contribution in [3.05, 3.63) is 0 Å². The number of nitrogens with one attached hydrogen (secondary N) is 1. The first-order valence-electron chi connectivity index (χ1n) is 1.73. The number of rotatable bonds is 0. The van der Waals surface area contributed by atoms with Crippen LogP contribution in [0.2, 0.25) is 0 Å². The fourth-order valence-corrected chi connectivity index (χ4v) is 0. The van der Waals surface area contributed by atoms with E-state index < -0.39 is 0 Å². The summed E-state index contributed by atoms with van der Waals surface area (Å²) in [5.41, 5.74) is 0. The van der Waals surface area contributed by atoms with Crippen LogP contribution in [0.5, 0.6) is 0 Å². The average molecular weight is 101 g/mol. The third kappa shape index (κ3) is 326. The van der Waals surface area contributed by atoms with Crippen molar-refractivity contribution in [1.82, 2.24) is 5.32 Å². The first kappa shape index (κ1) is 9.67. The number of nitrogens with zero attached hydrogens (tertiary/aromatic N) is 1. The minimum absolute atomic E-state index is 0.0694. The van der Waals surface area contributed by atoms with E-state index in [1.165, 1.54) is 0 Å². The van der Waals surface area contributed by atoms with Crippen LogP contribution in [0, 0.1) is 11.2 Å². The highest BCUT2D eigenvalue weighted by Crippen LogP contribution is 1.44. The molecule has 1 N–H and O–H groups in total. The Hall–Kier alpha value is -0.555. The zero-order valence-electron chi connectivity index (χ0n) is 4.40. The molecule has 0 saturated heterocycles. The standard InChI is InChI=1S/C2H7N.CBFN/c1-3-2;3-2-1-4/h3H,1-2H3;. The van der Waals surface area contributed by atoms with Gasteiger partial charge >= 0.3 is 7.56 Å². The zero-order chi connectivity index (χ0) is 6.12.